The Morgan fingerprint density at radius 1 is 1.22 bits per heavy atom. The second kappa shape index (κ2) is 6.27. The Labute approximate surface area is 131 Å². The first-order chi connectivity index (χ1) is 11.2. The zero-order chi connectivity index (χ0) is 16.2. The molecular weight excluding hydrogens is 298 g/mol. The highest BCUT2D eigenvalue weighted by Crippen LogP contribution is 2.25. The van der Waals surface area contributed by atoms with Gasteiger partial charge in [-0.05, 0) is 31.2 Å². The maximum absolute atomic E-state index is 11.2. The van der Waals surface area contributed by atoms with Gasteiger partial charge < -0.3 is 14.4 Å². The van der Waals surface area contributed by atoms with Gasteiger partial charge >= 0.3 is 5.97 Å². The minimum Gasteiger partial charge on any atom is -0.486 e. The molecule has 7 nitrogen and oxygen atoms in total. The summed E-state index contributed by atoms with van der Waals surface area (Å²) >= 11 is 0. The molecule has 116 valence electrons. The second-order valence-corrected chi connectivity index (χ2v) is 4.72. The number of carboxylic acid groups (broad SMARTS) is 1. The van der Waals surface area contributed by atoms with Gasteiger partial charge in [0, 0.05) is 12.4 Å². The summed E-state index contributed by atoms with van der Waals surface area (Å²) in [6.45, 7) is 1.87. The monoisotopic (exact) mass is 311 g/mol. The van der Waals surface area contributed by atoms with Crippen LogP contribution in [0, 0.1) is 6.92 Å². The molecule has 3 aromatic rings. The number of rotatable bonds is 5. The highest BCUT2D eigenvalue weighted by Gasteiger charge is 2.18. The second-order valence-electron chi connectivity index (χ2n) is 4.72. The van der Waals surface area contributed by atoms with E-state index >= 15 is 0 Å². The zero-order valence-electron chi connectivity index (χ0n) is 12.3. The number of carboxylic acids is 1. The van der Waals surface area contributed by atoms with E-state index in [9.17, 15) is 4.79 Å². The van der Waals surface area contributed by atoms with Gasteiger partial charge in [0.25, 0.3) is 0 Å². The fourth-order valence-corrected chi connectivity index (χ4v) is 2.08. The van der Waals surface area contributed by atoms with E-state index < -0.39 is 5.97 Å². The highest BCUT2D eigenvalue weighted by atomic mass is 16.5. The molecule has 3 heterocycles. The Morgan fingerprint density at radius 3 is 2.78 bits per heavy atom. The van der Waals surface area contributed by atoms with Crippen molar-refractivity contribution >= 4 is 5.97 Å². The van der Waals surface area contributed by atoms with Crippen LogP contribution in [0.25, 0.3) is 11.4 Å². The summed E-state index contributed by atoms with van der Waals surface area (Å²) in [5.41, 5.74) is 1.81. The van der Waals surface area contributed by atoms with Crippen molar-refractivity contribution in [1.82, 2.24) is 15.1 Å². The van der Waals surface area contributed by atoms with Crippen LogP contribution in [0.1, 0.15) is 21.8 Å². The van der Waals surface area contributed by atoms with Gasteiger partial charge in [-0.3, -0.25) is 4.98 Å². The number of aromatic carboxylic acids is 1. The molecule has 3 rings (SSSR count). The number of aromatic nitrogens is 3. The van der Waals surface area contributed by atoms with E-state index in [4.69, 9.17) is 14.4 Å². The molecule has 0 saturated heterocycles. The highest BCUT2D eigenvalue weighted by molar-refractivity contribution is 5.88. The van der Waals surface area contributed by atoms with Gasteiger partial charge in [0.1, 0.15) is 18.1 Å². The molecule has 0 fully saturated rings. The lowest BCUT2D eigenvalue weighted by Gasteiger charge is -2.08. The zero-order valence-corrected chi connectivity index (χ0v) is 12.3. The molecule has 7 heteroatoms. The Bertz CT molecular complexity index is 830. The van der Waals surface area contributed by atoms with Crippen molar-refractivity contribution in [2.24, 2.45) is 0 Å². The van der Waals surface area contributed by atoms with Gasteiger partial charge in [-0.15, -0.1) is 0 Å². The largest absolute Gasteiger partial charge is 0.486 e. The lowest BCUT2D eigenvalue weighted by Crippen LogP contribution is -2.06. The third-order valence-electron chi connectivity index (χ3n) is 3.24. The Kier molecular flexibility index (Phi) is 4.01. The van der Waals surface area contributed by atoms with E-state index in [2.05, 4.69) is 15.1 Å². The van der Waals surface area contributed by atoms with Crippen LogP contribution in [0.2, 0.25) is 0 Å². The van der Waals surface area contributed by atoms with Crippen LogP contribution in [0.4, 0.5) is 0 Å². The predicted octanol–water partition coefficient (Wildman–Crippen LogP) is 2.72. The molecule has 0 aromatic carbocycles. The quantitative estimate of drug-likeness (QED) is 0.773. The van der Waals surface area contributed by atoms with E-state index in [1.54, 1.807) is 31.3 Å². The van der Waals surface area contributed by atoms with E-state index in [0.717, 1.165) is 0 Å². The number of aryl methyl sites for hydroxylation is 1. The molecule has 0 amide bonds. The summed E-state index contributed by atoms with van der Waals surface area (Å²) < 4.78 is 10.8. The lowest BCUT2D eigenvalue weighted by atomic mass is 10.1. The molecule has 0 atom stereocenters. The van der Waals surface area contributed by atoms with Crippen molar-refractivity contribution < 1.29 is 19.2 Å². The molecular formula is C16H13N3O4. The first-order valence-electron chi connectivity index (χ1n) is 6.84. The van der Waals surface area contributed by atoms with Crippen molar-refractivity contribution in [3.8, 4) is 17.1 Å². The van der Waals surface area contributed by atoms with Gasteiger partial charge in [-0.1, -0.05) is 11.2 Å². The number of hydrogen-bond acceptors (Lipinski definition) is 6. The molecule has 0 unspecified atom stereocenters. The maximum Gasteiger partial charge on any atom is 0.358 e. The fraction of sp³-hybridized carbons (Fsp3) is 0.125. The van der Waals surface area contributed by atoms with Crippen LogP contribution < -0.4 is 4.74 Å². The Balaban J connectivity index is 1.88. The summed E-state index contributed by atoms with van der Waals surface area (Å²) in [6.07, 6.45) is 3.06. The molecule has 0 aliphatic carbocycles. The first kappa shape index (κ1) is 14.7. The number of ether oxygens (including phenoxy) is 1. The normalized spacial score (nSPS) is 10.5. The van der Waals surface area contributed by atoms with Crippen LogP contribution in [-0.4, -0.2) is 26.2 Å². The predicted molar refractivity (Wildman–Crippen MR) is 80.0 cm³/mol. The van der Waals surface area contributed by atoms with Crippen LogP contribution in [-0.2, 0) is 6.61 Å². The summed E-state index contributed by atoms with van der Waals surface area (Å²) in [5.74, 6) is -0.369. The third kappa shape index (κ3) is 3.03. The topological polar surface area (TPSA) is 98.3 Å². The van der Waals surface area contributed by atoms with Crippen molar-refractivity contribution in [3.05, 3.63) is 59.7 Å². The fourth-order valence-electron chi connectivity index (χ4n) is 2.08. The molecule has 0 aliphatic heterocycles. The first-order valence-corrected chi connectivity index (χ1v) is 6.84. The van der Waals surface area contributed by atoms with Crippen LogP contribution >= 0.6 is 0 Å². The molecule has 0 bridgehead atoms. The smallest absolute Gasteiger partial charge is 0.358 e. The minimum atomic E-state index is -1.15. The van der Waals surface area contributed by atoms with E-state index in [1.807, 2.05) is 12.1 Å². The third-order valence-corrected chi connectivity index (χ3v) is 3.24. The van der Waals surface area contributed by atoms with Gasteiger partial charge in [0.2, 0.25) is 0 Å². The molecule has 0 saturated carbocycles. The molecule has 1 N–H and O–H groups in total. The minimum absolute atomic E-state index is 0.104. The van der Waals surface area contributed by atoms with E-state index in [1.165, 1.54) is 6.20 Å². The molecule has 0 aliphatic rings. The van der Waals surface area contributed by atoms with Crippen molar-refractivity contribution in [1.29, 1.82) is 0 Å². The standard InChI is InChI=1S/C16H13N3O4/c1-10-11(14(19-23-10)12-5-2-3-7-17-12)9-22-13-6-4-8-18-15(13)16(20)21/h2-8H,9H2,1H3,(H,20,21). The van der Waals surface area contributed by atoms with Crippen LogP contribution in [0.5, 0.6) is 5.75 Å². The molecule has 0 spiro atoms. The Morgan fingerprint density at radius 2 is 2.04 bits per heavy atom. The number of pyridine rings is 2. The van der Waals surface area contributed by atoms with Gasteiger partial charge in [0.15, 0.2) is 11.4 Å². The summed E-state index contributed by atoms with van der Waals surface area (Å²) in [4.78, 5) is 19.2. The summed E-state index contributed by atoms with van der Waals surface area (Å²) in [5, 5.41) is 13.1. The van der Waals surface area contributed by atoms with Gasteiger partial charge in [-0.25, -0.2) is 9.78 Å². The average Bonchev–Trinajstić information content (AvgIpc) is 2.94. The van der Waals surface area contributed by atoms with Crippen LogP contribution in [0.15, 0.2) is 47.2 Å². The Hall–Kier alpha value is -3.22. The number of nitrogens with zero attached hydrogens (tertiary/aromatic N) is 3. The molecule has 3 aromatic heterocycles. The lowest BCUT2D eigenvalue weighted by molar-refractivity contribution is 0.0685. The van der Waals surface area contributed by atoms with E-state index in [-0.39, 0.29) is 18.1 Å². The van der Waals surface area contributed by atoms with Crippen molar-refractivity contribution in [2.75, 3.05) is 0 Å². The van der Waals surface area contributed by atoms with E-state index in [0.29, 0.717) is 22.7 Å². The average molecular weight is 311 g/mol. The van der Waals surface area contributed by atoms with Gasteiger partial charge in [0.05, 0.1) is 11.3 Å². The maximum atomic E-state index is 11.2. The number of carbonyl (C=O) groups is 1. The summed E-state index contributed by atoms with van der Waals surface area (Å²) in [7, 11) is 0. The number of hydrogen-bond donors (Lipinski definition) is 1. The van der Waals surface area contributed by atoms with Crippen molar-refractivity contribution in [3.63, 3.8) is 0 Å². The molecule has 0 radical (unpaired) electrons. The molecule has 23 heavy (non-hydrogen) atoms. The van der Waals surface area contributed by atoms with Crippen LogP contribution in [0.3, 0.4) is 0 Å². The van der Waals surface area contributed by atoms with Crippen molar-refractivity contribution in [2.45, 2.75) is 13.5 Å². The van der Waals surface area contributed by atoms with Gasteiger partial charge in [-0.2, -0.15) is 0 Å². The summed E-state index contributed by atoms with van der Waals surface area (Å²) in [6, 6.07) is 8.64. The SMILES string of the molecule is Cc1onc(-c2ccccn2)c1COc1cccnc1C(=O)O.